The van der Waals surface area contributed by atoms with Crippen LogP contribution in [0.5, 0.6) is 5.75 Å². The number of nitrogens with zero attached hydrogens (tertiary/aromatic N) is 2. The monoisotopic (exact) mass is 315 g/mol. The van der Waals surface area contributed by atoms with Gasteiger partial charge < -0.3 is 14.6 Å². The van der Waals surface area contributed by atoms with E-state index in [-0.39, 0.29) is 18.6 Å². The molecule has 0 saturated carbocycles. The van der Waals surface area contributed by atoms with Crippen LogP contribution in [-0.4, -0.2) is 42.6 Å². The van der Waals surface area contributed by atoms with Gasteiger partial charge in [0.1, 0.15) is 5.75 Å². The smallest absolute Gasteiger partial charge is 0.258 e. The number of likely N-dealkylation sites (N-methyl/N-ethyl adjacent to an activating group) is 1. The van der Waals surface area contributed by atoms with Gasteiger partial charge in [0.15, 0.2) is 6.61 Å². The highest BCUT2D eigenvalue weighted by Crippen LogP contribution is 2.17. The Labute approximate surface area is 137 Å². The fraction of sp³-hybridized carbons (Fsp3) is 0.389. The van der Waals surface area contributed by atoms with Gasteiger partial charge in [0.2, 0.25) is 0 Å². The number of rotatable bonds is 7. The van der Waals surface area contributed by atoms with Crippen molar-refractivity contribution in [3.8, 4) is 5.75 Å². The third-order valence-electron chi connectivity index (χ3n) is 3.83. The molecule has 1 amide bonds. The van der Waals surface area contributed by atoms with Crippen LogP contribution >= 0.6 is 0 Å². The molecule has 2 aromatic rings. The predicted molar refractivity (Wildman–Crippen MR) is 91.5 cm³/mol. The molecule has 0 aliphatic rings. The van der Waals surface area contributed by atoms with Crippen molar-refractivity contribution in [1.82, 2.24) is 14.8 Å². The van der Waals surface area contributed by atoms with Crippen LogP contribution in [0.25, 0.3) is 0 Å². The van der Waals surface area contributed by atoms with Crippen molar-refractivity contribution < 1.29 is 9.53 Å². The number of benzene rings is 1. The largest absolute Gasteiger partial charge is 0.484 e. The average molecular weight is 315 g/mol. The van der Waals surface area contributed by atoms with E-state index in [1.54, 1.807) is 0 Å². The molecule has 5 nitrogen and oxygen atoms in total. The highest BCUT2D eigenvalue weighted by atomic mass is 16.5. The van der Waals surface area contributed by atoms with Crippen molar-refractivity contribution in [2.75, 3.05) is 27.2 Å². The lowest BCUT2D eigenvalue weighted by Crippen LogP contribution is -2.37. The Balaban J connectivity index is 1.84. The van der Waals surface area contributed by atoms with Crippen LogP contribution in [0.3, 0.4) is 0 Å². The Hall–Kier alpha value is -2.27. The number of carbonyl (C=O) groups excluding carboxylic acids is 1. The zero-order valence-electron chi connectivity index (χ0n) is 14.2. The first-order chi connectivity index (χ1) is 11.0. The van der Waals surface area contributed by atoms with Crippen LogP contribution in [0.4, 0.5) is 0 Å². The van der Waals surface area contributed by atoms with Crippen molar-refractivity contribution >= 4 is 5.91 Å². The second-order valence-electron chi connectivity index (χ2n) is 5.93. The minimum atomic E-state index is -0.119. The number of nitrogens with one attached hydrogen (secondary N) is 1. The quantitative estimate of drug-likeness (QED) is 0.851. The Morgan fingerprint density at radius 1 is 1.26 bits per heavy atom. The summed E-state index contributed by atoms with van der Waals surface area (Å²) in [6.07, 6.45) is 2.01. The summed E-state index contributed by atoms with van der Waals surface area (Å²) in [6.45, 7) is 2.58. The van der Waals surface area contributed by atoms with Crippen LogP contribution in [0.15, 0.2) is 42.6 Å². The number of ether oxygens (including phenoxy) is 1. The molecule has 23 heavy (non-hydrogen) atoms. The Bertz CT molecular complexity index is 632. The lowest BCUT2D eigenvalue weighted by Gasteiger charge is -2.25. The fourth-order valence-corrected chi connectivity index (χ4v) is 2.42. The van der Waals surface area contributed by atoms with Gasteiger partial charge in [-0.25, -0.2) is 0 Å². The summed E-state index contributed by atoms with van der Waals surface area (Å²) in [6, 6.07) is 11.9. The first-order valence-corrected chi connectivity index (χ1v) is 7.71. The van der Waals surface area contributed by atoms with Crippen molar-refractivity contribution in [2.24, 2.45) is 7.05 Å². The van der Waals surface area contributed by atoms with Crippen LogP contribution in [0.2, 0.25) is 0 Å². The molecular formula is C18H25N3O2. The summed E-state index contributed by atoms with van der Waals surface area (Å²) in [5.41, 5.74) is 2.33. The zero-order valence-corrected chi connectivity index (χ0v) is 14.2. The van der Waals surface area contributed by atoms with Crippen LogP contribution < -0.4 is 10.1 Å². The first-order valence-electron chi connectivity index (χ1n) is 7.71. The topological polar surface area (TPSA) is 46.5 Å². The van der Waals surface area contributed by atoms with E-state index in [0.29, 0.717) is 12.3 Å². The summed E-state index contributed by atoms with van der Waals surface area (Å²) in [4.78, 5) is 14.1. The van der Waals surface area contributed by atoms with Crippen molar-refractivity contribution in [3.63, 3.8) is 0 Å². The van der Waals surface area contributed by atoms with Gasteiger partial charge in [-0.15, -0.1) is 0 Å². The molecule has 1 aromatic carbocycles. The minimum Gasteiger partial charge on any atom is -0.484 e. The van der Waals surface area contributed by atoms with E-state index in [4.69, 9.17) is 4.74 Å². The van der Waals surface area contributed by atoms with Crippen molar-refractivity contribution in [3.05, 3.63) is 53.9 Å². The molecule has 1 N–H and O–H groups in total. The van der Waals surface area contributed by atoms with E-state index < -0.39 is 0 Å². The molecule has 0 radical (unpaired) electrons. The Kier molecular flexibility index (Phi) is 5.82. The lowest BCUT2D eigenvalue weighted by atomic mass is 10.2. The standard InChI is InChI=1S/C18H25N3O2/c1-14-7-9-15(10-8-14)23-13-18(22)19-12-17(20(2)3)16-6-5-11-21(16)4/h5-11,17H,12-13H2,1-4H3,(H,19,22). The summed E-state index contributed by atoms with van der Waals surface area (Å²) in [5, 5.41) is 2.94. The number of hydrogen-bond donors (Lipinski definition) is 1. The molecule has 1 atom stereocenters. The maximum atomic E-state index is 12.0. The summed E-state index contributed by atoms with van der Waals surface area (Å²) >= 11 is 0. The SMILES string of the molecule is Cc1ccc(OCC(=O)NCC(c2cccn2C)N(C)C)cc1. The maximum Gasteiger partial charge on any atom is 0.258 e. The molecule has 0 aliphatic heterocycles. The summed E-state index contributed by atoms with van der Waals surface area (Å²) < 4.78 is 7.57. The summed E-state index contributed by atoms with van der Waals surface area (Å²) in [5.74, 6) is 0.587. The Morgan fingerprint density at radius 3 is 2.52 bits per heavy atom. The highest BCUT2D eigenvalue weighted by molar-refractivity contribution is 5.77. The molecule has 0 saturated heterocycles. The number of carbonyl (C=O) groups is 1. The molecule has 0 bridgehead atoms. The fourth-order valence-electron chi connectivity index (χ4n) is 2.42. The van der Waals surface area contributed by atoms with E-state index in [2.05, 4.69) is 20.9 Å². The number of amides is 1. The molecule has 1 aromatic heterocycles. The minimum absolute atomic E-state index is 0.0242. The normalized spacial score (nSPS) is 12.2. The van der Waals surface area contributed by atoms with Crippen LogP contribution in [0, 0.1) is 6.92 Å². The second-order valence-corrected chi connectivity index (χ2v) is 5.93. The molecule has 2 rings (SSSR count). The highest BCUT2D eigenvalue weighted by Gasteiger charge is 2.17. The lowest BCUT2D eigenvalue weighted by molar-refractivity contribution is -0.123. The van der Waals surface area contributed by atoms with E-state index in [1.807, 2.05) is 64.6 Å². The molecule has 0 fully saturated rings. The third kappa shape index (κ3) is 4.86. The predicted octanol–water partition coefficient (Wildman–Crippen LogP) is 2.13. The van der Waals surface area contributed by atoms with E-state index in [0.717, 1.165) is 11.3 Å². The summed E-state index contributed by atoms with van der Waals surface area (Å²) in [7, 11) is 6.02. The van der Waals surface area contributed by atoms with Crippen molar-refractivity contribution in [2.45, 2.75) is 13.0 Å². The molecular weight excluding hydrogens is 290 g/mol. The molecule has 0 aliphatic carbocycles. The van der Waals surface area contributed by atoms with Crippen molar-refractivity contribution in [1.29, 1.82) is 0 Å². The van der Waals surface area contributed by atoms with Crippen LogP contribution in [-0.2, 0) is 11.8 Å². The van der Waals surface area contributed by atoms with E-state index in [9.17, 15) is 4.79 Å². The van der Waals surface area contributed by atoms with Crippen LogP contribution in [0.1, 0.15) is 17.3 Å². The molecule has 1 heterocycles. The van der Waals surface area contributed by atoms with Gasteiger partial charge >= 0.3 is 0 Å². The number of aryl methyl sites for hydroxylation is 2. The first kappa shape index (κ1) is 17.1. The van der Waals surface area contributed by atoms with Gasteiger partial charge in [-0.2, -0.15) is 0 Å². The third-order valence-corrected chi connectivity index (χ3v) is 3.83. The van der Waals surface area contributed by atoms with Gasteiger partial charge in [0.05, 0.1) is 6.04 Å². The number of aromatic nitrogens is 1. The van der Waals surface area contributed by atoms with Gasteiger partial charge in [-0.3, -0.25) is 9.69 Å². The van der Waals surface area contributed by atoms with Gasteiger partial charge in [0.25, 0.3) is 5.91 Å². The maximum absolute atomic E-state index is 12.0. The van der Waals surface area contributed by atoms with Gasteiger partial charge in [0, 0.05) is 25.5 Å². The zero-order chi connectivity index (χ0) is 16.8. The van der Waals surface area contributed by atoms with Gasteiger partial charge in [-0.05, 0) is 45.3 Å². The van der Waals surface area contributed by atoms with Gasteiger partial charge in [-0.1, -0.05) is 17.7 Å². The molecule has 1 unspecified atom stereocenters. The van der Waals surface area contributed by atoms with E-state index >= 15 is 0 Å². The Morgan fingerprint density at radius 2 is 1.96 bits per heavy atom. The average Bonchev–Trinajstić information content (AvgIpc) is 2.93. The second kappa shape index (κ2) is 7.83. The molecule has 124 valence electrons. The number of hydrogen-bond acceptors (Lipinski definition) is 3. The molecule has 5 heteroatoms. The molecule has 0 spiro atoms. The van der Waals surface area contributed by atoms with E-state index in [1.165, 1.54) is 0 Å².